The zero-order valence-corrected chi connectivity index (χ0v) is 33.8. The Kier molecular flexibility index (Phi) is 9.34. The molecule has 0 bridgehead atoms. The maximum atomic E-state index is 5.27. The van der Waals surface area contributed by atoms with E-state index in [0.29, 0.717) is 17.5 Å². The molecule has 11 aromatic rings. The summed E-state index contributed by atoms with van der Waals surface area (Å²) in [7, 11) is 0. The lowest BCUT2D eigenvalue weighted by atomic mass is 9.95. The van der Waals surface area contributed by atoms with E-state index < -0.39 is 0 Å². The van der Waals surface area contributed by atoms with Gasteiger partial charge in [0.25, 0.3) is 0 Å². The molecule has 4 nitrogen and oxygen atoms in total. The van der Waals surface area contributed by atoms with E-state index >= 15 is 0 Å². The lowest BCUT2D eigenvalue weighted by molar-refractivity contribution is 1.07. The van der Waals surface area contributed by atoms with Crippen LogP contribution >= 0.6 is 11.3 Å². The van der Waals surface area contributed by atoms with Gasteiger partial charge < -0.3 is 0 Å². The van der Waals surface area contributed by atoms with Crippen molar-refractivity contribution in [2.45, 2.75) is 0 Å². The Labute approximate surface area is 358 Å². The van der Waals surface area contributed by atoms with Gasteiger partial charge >= 0.3 is 0 Å². The van der Waals surface area contributed by atoms with E-state index in [1.54, 1.807) is 0 Å². The Balaban J connectivity index is 1.08. The predicted octanol–water partition coefficient (Wildman–Crippen LogP) is 15.0. The van der Waals surface area contributed by atoms with E-state index in [0.717, 1.165) is 66.7 Å². The maximum absolute atomic E-state index is 5.27. The van der Waals surface area contributed by atoms with Crippen LogP contribution in [-0.4, -0.2) is 19.9 Å². The first kappa shape index (κ1) is 36.2. The first-order chi connectivity index (χ1) is 30.2. The van der Waals surface area contributed by atoms with Gasteiger partial charge in [-0.05, 0) is 51.6 Å². The average Bonchev–Trinajstić information content (AvgIpc) is 3.76. The van der Waals surface area contributed by atoms with Gasteiger partial charge in [0, 0.05) is 43.5 Å². The molecule has 61 heavy (non-hydrogen) atoms. The van der Waals surface area contributed by atoms with Crippen molar-refractivity contribution in [3.8, 4) is 89.2 Å². The summed E-state index contributed by atoms with van der Waals surface area (Å²) in [5, 5.41) is 2.35. The molecule has 0 spiro atoms. The first-order valence-corrected chi connectivity index (χ1v) is 21.2. The van der Waals surface area contributed by atoms with Crippen LogP contribution in [0.2, 0.25) is 0 Å². The van der Waals surface area contributed by atoms with Gasteiger partial charge in [-0.2, -0.15) is 0 Å². The second-order valence-electron chi connectivity index (χ2n) is 15.0. The minimum Gasteiger partial charge on any atom is -0.246 e. The first-order valence-electron chi connectivity index (χ1n) is 20.4. The summed E-state index contributed by atoms with van der Waals surface area (Å²) in [5.41, 5.74) is 13.8. The quantitative estimate of drug-likeness (QED) is 0.154. The molecule has 0 saturated heterocycles. The normalized spacial score (nSPS) is 11.3. The van der Waals surface area contributed by atoms with E-state index in [4.69, 9.17) is 19.9 Å². The molecule has 0 radical (unpaired) electrons. The third-order valence-corrected chi connectivity index (χ3v) is 12.4. The van der Waals surface area contributed by atoms with Gasteiger partial charge in [0.1, 0.15) is 0 Å². The van der Waals surface area contributed by atoms with Crippen molar-refractivity contribution in [2.75, 3.05) is 0 Å². The smallest absolute Gasteiger partial charge is 0.164 e. The number of hydrogen-bond acceptors (Lipinski definition) is 5. The van der Waals surface area contributed by atoms with Crippen LogP contribution in [0.1, 0.15) is 0 Å². The van der Waals surface area contributed by atoms with Crippen molar-refractivity contribution in [2.24, 2.45) is 0 Å². The number of fused-ring (bicyclic) bond motifs is 3. The van der Waals surface area contributed by atoms with E-state index in [9.17, 15) is 0 Å². The van der Waals surface area contributed by atoms with Crippen molar-refractivity contribution in [3.05, 3.63) is 218 Å². The second-order valence-corrected chi connectivity index (χ2v) is 16.0. The molecule has 3 heterocycles. The Morgan fingerprint density at radius 1 is 0.295 bits per heavy atom. The van der Waals surface area contributed by atoms with Crippen LogP contribution in [0.25, 0.3) is 110 Å². The lowest BCUT2D eigenvalue weighted by Crippen LogP contribution is -2.00. The Hall–Kier alpha value is -7.86. The average molecular weight is 797 g/mol. The summed E-state index contributed by atoms with van der Waals surface area (Å²) in [6, 6.07) is 76.2. The number of nitrogens with zero attached hydrogens (tertiary/aromatic N) is 4. The zero-order valence-electron chi connectivity index (χ0n) is 33.0. The molecule has 0 atom stereocenters. The number of hydrogen-bond donors (Lipinski definition) is 0. The van der Waals surface area contributed by atoms with E-state index in [-0.39, 0.29) is 0 Å². The van der Waals surface area contributed by atoms with E-state index in [2.05, 4.69) is 206 Å². The molecule has 0 aliphatic carbocycles. The predicted molar refractivity (Wildman–Crippen MR) is 254 cm³/mol. The summed E-state index contributed by atoms with van der Waals surface area (Å²) in [6.07, 6.45) is 0. The van der Waals surface area contributed by atoms with Gasteiger partial charge in [0.15, 0.2) is 17.5 Å². The van der Waals surface area contributed by atoms with Crippen LogP contribution in [0.4, 0.5) is 0 Å². The highest BCUT2D eigenvalue weighted by molar-refractivity contribution is 7.23. The molecule has 5 heteroatoms. The summed E-state index contributed by atoms with van der Waals surface area (Å²) in [4.78, 5) is 22.0. The van der Waals surface area contributed by atoms with Gasteiger partial charge in [-0.15, -0.1) is 11.3 Å². The van der Waals surface area contributed by atoms with Crippen molar-refractivity contribution in [1.29, 1.82) is 0 Å². The van der Waals surface area contributed by atoms with Crippen molar-refractivity contribution in [3.63, 3.8) is 0 Å². The number of benzene rings is 8. The Bertz CT molecular complexity index is 3230. The minimum absolute atomic E-state index is 0.612. The molecular formula is C56H36N4S. The van der Waals surface area contributed by atoms with Crippen LogP contribution in [0, 0.1) is 0 Å². The standard InChI is InChI=1S/C56H36N4S/c1-5-17-37(18-6-1)43-25-15-27-45(35-43)55-58-54(59-56(60-55)46-28-16-26-44(36-46)38-19-7-2-8-20-38)42-33-31-39(32-34-42)49-50-47-29-13-14-30-48(47)57-51(40-21-9-3-10-22-40)53(50)61-52(49)41-23-11-4-12-24-41/h1-36H. The molecule has 0 saturated carbocycles. The van der Waals surface area contributed by atoms with Gasteiger partial charge in [-0.25, -0.2) is 19.9 Å². The summed E-state index contributed by atoms with van der Waals surface area (Å²) >= 11 is 1.81. The topological polar surface area (TPSA) is 51.6 Å². The summed E-state index contributed by atoms with van der Waals surface area (Å²) in [6.45, 7) is 0. The Morgan fingerprint density at radius 3 is 1.28 bits per heavy atom. The Morgan fingerprint density at radius 2 is 0.721 bits per heavy atom. The molecule has 0 amide bonds. The van der Waals surface area contributed by atoms with Crippen LogP contribution in [-0.2, 0) is 0 Å². The highest BCUT2D eigenvalue weighted by Crippen LogP contribution is 2.50. The molecule has 0 aliphatic rings. The number of thiophene rings is 1. The molecule has 0 aliphatic heterocycles. The van der Waals surface area contributed by atoms with Crippen molar-refractivity contribution in [1.82, 2.24) is 19.9 Å². The largest absolute Gasteiger partial charge is 0.246 e. The molecule has 11 rings (SSSR count). The number of pyridine rings is 1. The highest BCUT2D eigenvalue weighted by Gasteiger charge is 2.23. The molecule has 0 unspecified atom stereocenters. The fourth-order valence-electron chi connectivity index (χ4n) is 8.15. The highest BCUT2D eigenvalue weighted by atomic mass is 32.1. The molecule has 0 fully saturated rings. The fraction of sp³-hybridized carbons (Fsp3) is 0. The van der Waals surface area contributed by atoms with Crippen LogP contribution in [0.3, 0.4) is 0 Å². The summed E-state index contributed by atoms with van der Waals surface area (Å²) < 4.78 is 1.17. The lowest BCUT2D eigenvalue weighted by Gasteiger charge is -2.12. The van der Waals surface area contributed by atoms with E-state index in [1.165, 1.54) is 26.1 Å². The van der Waals surface area contributed by atoms with Crippen LogP contribution < -0.4 is 0 Å². The van der Waals surface area contributed by atoms with Crippen molar-refractivity contribution >= 4 is 32.3 Å². The number of rotatable bonds is 8. The van der Waals surface area contributed by atoms with Crippen LogP contribution in [0.15, 0.2) is 218 Å². The number of aromatic nitrogens is 4. The van der Waals surface area contributed by atoms with E-state index in [1.807, 2.05) is 23.5 Å². The molecule has 0 N–H and O–H groups in total. The molecule has 3 aromatic heterocycles. The van der Waals surface area contributed by atoms with Crippen molar-refractivity contribution < 1.29 is 0 Å². The molecule has 286 valence electrons. The SMILES string of the molecule is c1ccc(-c2cccc(-c3nc(-c4ccc(-c5c(-c6ccccc6)sc6c(-c7ccccc7)nc7ccccc7c56)cc4)nc(-c4cccc(-c5ccccc5)c4)n3)c2)cc1. The van der Waals surface area contributed by atoms with Gasteiger partial charge in [-0.3, -0.25) is 0 Å². The maximum Gasteiger partial charge on any atom is 0.164 e. The molecule has 8 aromatic carbocycles. The van der Waals surface area contributed by atoms with Gasteiger partial charge in [0.2, 0.25) is 0 Å². The van der Waals surface area contributed by atoms with Crippen LogP contribution in [0.5, 0.6) is 0 Å². The number of para-hydroxylation sites is 1. The fourth-order valence-corrected chi connectivity index (χ4v) is 9.51. The monoisotopic (exact) mass is 796 g/mol. The second kappa shape index (κ2) is 15.7. The third-order valence-electron chi connectivity index (χ3n) is 11.1. The van der Waals surface area contributed by atoms with Gasteiger partial charge in [-0.1, -0.05) is 200 Å². The molecular weight excluding hydrogens is 761 g/mol. The zero-order chi connectivity index (χ0) is 40.5. The summed E-state index contributed by atoms with van der Waals surface area (Å²) in [5.74, 6) is 1.85. The van der Waals surface area contributed by atoms with Gasteiger partial charge in [0.05, 0.1) is 15.9 Å². The third kappa shape index (κ3) is 6.97. The minimum atomic E-state index is 0.612.